The minimum atomic E-state index is -0.385. The summed E-state index contributed by atoms with van der Waals surface area (Å²) in [5.74, 6) is -0.751. The van der Waals surface area contributed by atoms with Gasteiger partial charge in [-0.25, -0.2) is 4.39 Å². The Bertz CT molecular complexity index is 895. The monoisotopic (exact) mass is 320 g/mol. The molecule has 0 bridgehead atoms. The summed E-state index contributed by atoms with van der Waals surface area (Å²) in [5, 5.41) is 12.0. The highest BCUT2D eigenvalue weighted by atomic mass is 19.1. The lowest BCUT2D eigenvalue weighted by molar-refractivity contribution is 0.0944. The second-order valence-electron chi connectivity index (χ2n) is 5.08. The maximum atomic E-state index is 13.1. The van der Waals surface area contributed by atoms with Crippen LogP contribution in [0.3, 0.4) is 0 Å². The molecule has 0 spiro atoms. The molecule has 0 fully saturated rings. The first-order chi connectivity index (χ1) is 11.7. The van der Waals surface area contributed by atoms with E-state index in [2.05, 4.69) is 10.3 Å². The summed E-state index contributed by atoms with van der Waals surface area (Å²) in [5.41, 5.74) is 1.92. The molecule has 2 heterocycles. The Kier molecular flexibility index (Phi) is 4.34. The van der Waals surface area contributed by atoms with E-state index in [1.165, 1.54) is 12.1 Å². The highest BCUT2D eigenvalue weighted by Crippen LogP contribution is 2.17. The molecule has 118 valence electrons. The molecule has 1 aromatic carbocycles. The minimum absolute atomic E-state index is 0.216. The van der Waals surface area contributed by atoms with Gasteiger partial charge in [-0.3, -0.25) is 9.78 Å². The molecule has 3 aromatic rings. The first-order valence-corrected chi connectivity index (χ1v) is 7.23. The highest BCUT2D eigenvalue weighted by Gasteiger charge is 2.18. The lowest BCUT2D eigenvalue weighted by Gasteiger charge is -2.10. The second-order valence-corrected chi connectivity index (χ2v) is 5.08. The Balaban J connectivity index is 1.89. The van der Waals surface area contributed by atoms with Gasteiger partial charge in [-0.15, -0.1) is 0 Å². The van der Waals surface area contributed by atoms with E-state index in [0.717, 1.165) is 5.56 Å². The van der Waals surface area contributed by atoms with Gasteiger partial charge in [-0.2, -0.15) is 5.26 Å². The van der Waals surface area contributed by atoms with Gasteiger partial charge >= 0.3 is 0 Å². The Hall–Kier alpha value is -3.46. The number of aromatic nitrogens is 2. The normalized spacial score (nSPS) is 10.2. The van der Waals surface area contributed by atoms with Crippen LogP contribution < -0.4 is 5.32 Å². The number of nitrogens with one attached hydrogen (secondary N) is 1. The second kappa shape index (κ2) is 6.75. The summed E-state index contributed by atoms with van der Waals surface area (Å²) >= 11 is 0. The molecule has 0 unspecified atom stereocenters. The highest BCUT2D eigenvalue weighted by molar-refractivity contribution is 5.95. The van der Waals surface area contributed by atoms with Crippen molar-refractivity contribution in [3.63, 3.8) is 0 Å². The van der Waals surface area contributed by atoms with Crippen LogP contribution >= 0.6 is 0 Å². The molecule has 0 saturated carbocycles. The quantitative estimate of drug-likeness (QED) is 0.803. The number of amides is 1. The summed E-state index contributed by atoms with van der Waals surface area (Å²) in [4.78, 5) is 16.5. The summed E-state index contributed by atoms with van der Waals surface area (Å²) in [6, 6.07) is 12.9. The van der Waals surface area contributed by atoms with Crippen molar-refractivity contribution < 1.29 is 9.18 Å². The van der Waals surface area contributed by atoms with E-state index in [4.69, 9.17) is 0 Å². The Morgan fingerprint density at radius 1 is 1.25 bits per heavy atom. The predicted molar refractivity (Wildman–Crippen MR) is 85.8 cm³/mol. The molecule has 0 atom stereocenters. The number of hydrogen-bond donors (Lipinski definition) is 1. The smallest absolute Gasteiger partial charge is 0.269 e. The van der Waals surface area contributed by atoms with E-state index >= 15 is 0 Å². The molecular weight excluding hydrogens is 307 g/mol. The molecule has 24 heavy (non-hydrogen) atoms. The zero-order valence-electron chi connectivity index (χ0n) is 12.6. The van der Waals surface area contributed by atoms with Crippen molar-refractivity contribution >= 4 is 5.91 Å². The predicted octanol–water partition coefficient (Wildman–Crippen LogP) is 2.81. The summed E-state index contributed by atoms with van der Waals surface area (Å²) in [6.07, 6.45) is 4.92. The topological polar surface area (TPSA) is 70.7 Å². The van der Waals surface area contributed by atoms with Crippen molar-refractivity contribution in [3.05, 3.63) is 83.7 Å². The van der Waals surface area contributed by atoms with Crippen LogP contribution in [-0.4, -0.2) is 15.5 Å². The van der Waals surface area contributed by atoms with Gasteiger partial charge in [0.15, 0.2) is 0 Å². The van der Waals surface area contributed by atoms with Gasteiger partial charge in [0.25, 0.3) is 5.91 Å². The fraction of sp³-hybridized carbons (Fsp3) is 0.0556. The lowest BCUT2D eigenvalue weighted by Crippen LogP contribution is -2.26. The van der Waals surface area contributed by atoms with Crippen LogP contribution in [0.2, 0.25) is 0 Å². The molecule has 6 heteroatoms. The standard InChI is InChI=1S/C18H13FN4O/c19-15-3-5-16(6-4-15)23-9-7-14(10-20)17(23)18(24)22-12-13-2-1-8-21-11-13/h1-9,11H,12H2,(H,22,24). The number of carbonyl (C=O) groups excluding carboxylic acids is 1. The number of pyridine rings is 1. The van der Waals surface area contributed by atoms with Crippen molar-refractivity contribution in [2.24, 2.45) is 0 Å². The number of hydrogen-bond acceptors (Lipinski definition) is 3. The van der Waals surface area contributed by atoms with Crippen LogP contribution in [0.1, 0.15) is 21.6 Å². The van der Waals surface area contributed by atoms with E-state index < -0.39 is 0 Å². The molecule has 3 rings (SSSR count). The number of nitrogens with zero attached hydrogens (tertiary/aromatic N) is 3. The summed E-state index contributed by atoms with van der Waals surface area (Å²) < 4.78 is 14.7. The van der Waals surface area contributed by atoms with E-state index in [9.17, 15) is 14.4 Å². The van der Waals surface area contributed by atoms with Gasteiger partial charge in [0, 0.05) is 30.8 Å². The van der Waals surface area contributed by atoms with Crippen LogP contribution in [0.4, 0.5) is 4.39 Å². The van der Waals surface area contributed by atoms with Crippen LogP contribution in [0.25, 0.3) is 5.69 Å². The van der Waals surface area contributed by atoms with E-state index in [1.54, 1.807) is 47.4 Å². The van der Waals surface area contributed by atoms with Crippen molar-refractivity contribution in [1.82, 2.24) is 14.9 Å². The summed E-state index contributed by atoms with van der Waals surface area (Å²) in [6.45, 7) is 0.298. The van der Waals surface area contributed by atoms with Gasteiger partial charge in [-0.05, 0) is 42.0 Å². The number of halogens is 1. The van der Waals surface area contributed by atoms with E-state index in [-0.39, 0.29) is 23.0 Å². The largest absolute Gasteiger partial charge is 0.347 e. The zero-order chi connectivity index (χ0) is 16.9. The van der Waals surface area contributed by atoms with E-state index in [0.29, 0.717) is 12.2 Å². The number of benzene rings is 1. The summed E-state index contributed by atoms with van der Waals surface area (Å²) in [7, 11) is 0. The third kappa shape index (κ3) is 3.15. The Morgan fingerprint density at radius 3 is 2.71 bits per heavy atom. The molecule has 0 aliphatic rings. The molecule has 0 saturated heterocycles. The minimum Gasteiger partial charge on any atom is -0.347 e. The number of carbonyl (C=O) groups is 1. The van der Waals surface area contributed by atoms with Crippen LogP contribution in [0.5, 0.6) is 0 Å². The SMILES string of the molecule is N#Cc1ccn(-c2ccc(F)cc2)c1C(=O)NCc1cccnc1. The third-order valence-electron chi connectivity index (χ3n) is 3.50. The van der Waals surface area contributed by atoms with Gasteiger partial charge < -0.3 is 9.88 Å². The van der Waals surface area contributed by atoms with Crippen LogP contribution in [0.15, 0.2) is 61.1 Å². The Morgan fingerprint density at radius 2 is 2.04 bits per heavy atom. The molecule has 0 radical (unpaired) electrons. The molecule has 1 N–H and O–H groups in total. The van der Waals surface area contributed by atoms with Gasteiger partial charge in [0.2, 0.25) is 0 Å². The van der Waals surface area contributed by atoms with Crippen molar-refractivity contribution in [2.75, 3.05) is 0 Å². The van der Waals surface area contributed by atoms with Crippen molar-refractivity contribution in [3.8, 4) is 11.8 Å². The number of nitriles is 1. The Labute approximate surface area is 138 Å². The van der Waals surface area contributed by atoms with Gasteiger partial charge in [0.05, 0.1) is 5.56 Å². The fourth-order valence-electron chi connectivity index (χ4n) is 2.34. The molecule has 0 aliphatic heterocycles. The molecule has 2 aromatic heterocycles. The first-order valence-electron chi connectivity index (χ1n) is 7.23. The average molecular weight is 320 g/mol. The maximum Gasteiger partial charge on any atom is 0.269 e. The van der Waals surface area contributed by atoms with Gasteiger partial charge in [0.1, 0.15) is 17.6 Å². The zero-order valence-corrected chi connectivity index (χ0v) is 12.6. The van der Waals surface area contributed by atoms with Crippen LogP contribution in [-0.2, 0) is 6.54 Å². The van der Waals surface area contributed by atoms with E-state index in [1.807, 2.05) is 12.1 Å². The van der Waals surface area contributed by atoms with Crippen molar-refractivity contribution in [2.45, 2.75) is 6.54 Å². The molecule has 1 amide bonds. The number of rotatable bonds is 4. The third-order valence-corrected chi connectivity index (χ3v) is 3.50. The van der Waals surface area contributed by atoms with Crippen molar-refractivity contribution in [1.29, 1.82) is 5.26 Å². The molecule has 5 nitrogen and oxygen atoms in total. The lowest BCUT2D eigenvalue weighted by atomic mass is 10.2. The fourth-order valence-corrected chi connectivity index (χ4v) is 2.34. The average Bonchev–Trinajstić information content (AvgIpc) is 3.05. The van der Waals surface area contributed by atoms with Gasteiger partial charge in [-0.1, -0.05) is 6.07 Å². The molecular formula is C18H13FN4O. The first kappa shape index (κ1) is 15.4. The van der Waals surface area contributed by atoms with Crippen LogP contribution in [0, 0.1) is 17.1 Å². The molecule has 0 aliphatic carbocycles. The maximum absolute atomic E-state index is 13.1.